The summed E-state index contributed by atoms with van der Waals surface area (Å²) in [6.07, 6.45) is 7.95. The van der Waals surface area contributed by atoms with E-state index in [0.29, 0.717) is 85.0 Å². The molecule has 0 aliphatic carbocycles. The van der Waals surface area contributed by atoms with Crippen LogP contribution in [0.25, 0.3) is 0 Å². The number of hydroxylamine groups is 2. The van der Waals surface area contributed by atoms with Crippen LogP contribution in [-0.2, 0) is 38.4 Å². The molecule has 3 fully saturated rings. The predicted molar refractivity (Wildman–Crippen MR) is 227 cm³/mol. The van der Waals surface area contributed by atoms with Gasteiger partial charge in [-0.2, -0.15) is 36.7 Å². The van der Waals surface area contributed by atoms with E-state index < -0.39 is 41.8 Å². The molecule has 5 heterocycles. The van der Waals surface area contributed by atoms with E-state index in [2.05, 4.69) is 20.6 Å². The smallest absolute Gasteiger partial charge is 0.471 e. The minimum atomic E-state index is -4.98. The van der Waals surface area contributed by atoms with Crippen molar-refractivity contribution in [3.8, 4) is 0 Å². The number of nitrogens with two attached hydrogens (primary N) is 2. The second kappa shape index (κ2) is 27.2. The van der Waals surface area contributed by atoms with Gasteiger partial charge in [-0.05, 0) is 57.9 Å². The number of guanidine groups is 2. The molecule has 0 radical (unpaired) electrons. The fourth-order valence-corrected chi connectivity index (χ4v) is 10.3. The molecule has 23 heteroatoms. The van der Waals surface area contributed by atoms with E-state index in [0.717, 1.165) is 63.5 Å². The first kappa shape index (κ1) is 52.2. The van der Waals surface area contributed by atoms with Gasteiger partial charge in [0, 0.05) is 67.0 Å². The van der Waals surface area contributed by atoms with Gasteiger partial charge in [-0.1, -0.05) is 32.1 Å². The Hall–Kier alpha value is -4.12. The van der Waals surface area contributed by atoms with Crippen LogP contribution < -0.4 is 27.4 Å². The van der Waals surface area contributed by atoms with E-state index in [1.54, 1.807) is 17.1 Å². The largest absolute Gasteiger partial charge is 0.481 e. The predicted octanol–water partition coefficient (Wildman–Crippen LogP) is 3.55. The Morgan fingerprint density at radius 1 is 0.726 bits per heavy atom. The monoisotopic (exact) mass is 922 g/mol. The highest BCUT2D eigenvalue weighted by atomic mass is 32.2. The molecule has 3 amide bonds. The van der Waals surface area contributed by atoms with Crippen molar-refractivity contribution in [1.29, 1.82) is 0 Å². The number of aliphatic carboxylic acids is 2. The summed E-state index contributed by atoms with van der Waals surface area (Å²) in [5.74, 6) is -2.78. The highest BCUT2D eigenvalue weighted by Gasteiger charge is 2.44. The zero-order valence-electron chi connectivity index (χ0n) is 34.8. The number of unbranched alkanes of at least 4 members (excludes halogenated alkanes) is 7. The van der Waals surface area contributed by atoms with Crippen molar-refractivity contribution in [3.05, 3.63) is 0 Å². The second-order valence-electron chi connectivity index (χ2n) is 15.5. The van der Waals surface area contributed by atoms with Crippen molar-refractivity contribution in [2.75, 3.05) is 18.1 Å². The van der Waals surface area contributed by atoms with Crippen molar-refractivity contribution >= 4 is 76.9 Å². The molecular weight excluding hydrogens is 862 g/mol. The number of carbonyl (C=O) groups excluding carboxylic acids is 5. The van der Waals surface area contributed by atoms with E-state index in [-0.39, 0.29) is 55.4 Å². The number of amides is 3. The number of thioether (sulfide) groups is 2. The van der Waals surface area contributed by atoms with Crippen molar-refractivity contribution < 1.29 is 61.8 Å². The lowest BCUT2D eigenvalue weighted by molar-refractivity contribution is -0.197. The number of hydrogen-bond acceptors (Lipinski definition) is 16. The maximum absolute atomic E-state index is 12.3. The Morgan fingerprint density at radius 2 is 1.21 bits per heavy atom. The molecule has 62 heavy (non-hydrogen) atoms. The van der Waals surface area contributed by atoms with Crippen LogP contribution in [0.1, 0.15) is 128 Å². The summed E-state index contributed by atoms with van der Waals surface area (Å²) < 4.78 is 37.0. The molecule has 9 N–H and O–H groups in total. The van der Waals surface area contributed by atoms with Gasteiger partial charge in [0.15, 0.2) is 11.9 Å². The van der Waals surface area contributed by atoms with Crippen LogP contribution in [0.15, 0.2) is 9.98 Å². The highest BCUT2D eigenvalue weighted by molar-refractivity contribution is 8.00. The quantitative estimate of drug-likeness (QED) is 0.0570. The van der Waals surface area contributed by atoms with Gasteiger partial charge in [0.1, 0.15) is 5.78 Å². The molecular formula is C39H61F3N8O10S2. The Bertz CT molecular complexity index is 1590. The topological polar surface area (TPSA) is 285 Å². The van der Waals surface area contributed by atoms with Crippen LogP contribution in [0.3, 0.4) is 0 Å². The molecule has 2 unspecified atom stereocenters. The van der Waals surface area contributed by atoms with Gasteiger partial charge in [0.2, 0.25) is 0 Å². The molecule has 350 valence electrons. The Morgan fingerprint density at radius 3 is 1.74 bits per heavy atom. The molecule has 18 nitrogen and oxygen atoms in total. The average molecular weight is 923 g/mol. The van der Waals surface area contributed by atoms with Gasteiger partial charge in [0.05, 0.1) is 24.2 Å². The number of alkyl halides is 3. The molecule has 6 atom stereocenters. The van der Waals surface area contributed by atoms with Gasteiger partial charge in [0.25, 0.3) is 11.8 Å². The van der Waals surface area contributed by atoms with Crippen molar-refractivity contribution in [3.63, 3.8) is 0 Å². The molecule has 5 aliphatic rings. The number of aliphatic imine (C=N–C) groups is 2. The minimum absolute atomic E-state index is 0.0353. The maximum Gasteiger partial charge on any atom is 0.471 e. The van der Waals surface area contributed by atoms with Crippen LogP contribution in [0.2, 0.25) is 0 Å². The third-order valence-corrected chi connectivity index (χ3v) is 13.5. The number of carboxylic acid groups (broad SMARTS) is 2. The summed E-state index contributed by atoms with van der Waals surface area (Å²) in [5, 5.41) is 25.6. The Balaban J connectivity index is 0.000000280. The maximum atomic E-state index is 12.3. The molecule has 0 aromatic heterocycles. The molecule has 3 saturated heterocycles. The van der Waals surface area contributed by atoms with E-state index in [9.17, 15) is 46.7 Å². The van der Waals surface area contributed by atoms with E-state index in [1.807, 2.05) is 11.8 Å². The SMILES string of the molecule is NC1=N[C@H]2C(CS[C@H]2CCCCC(=O)CCCCCCC(=O)O)N1.NCCCCCC(=O)O.O=C(CCCC[C@@H]1SCC2NC(NC(=O)C(F)(F)F)=N[C@@H]21)ON1C(=O)CCC1=O. The number of imide groups is 1. The van der Waals surface area contributed by atoms with Gasteiger partial charge in [-0.3, -0.25) is 34.1 Å². The van der Waals surface area contributed by atoms with Gasteiger partial charge in [-0.15, -0.1) is 5.06 Å². The van der Waals surface area contributed by atoms with Crippen LogP contribution in [0, 0.1) is 0 Å². The Kier molecular flexibility index (Phi) is 22.9. The standard InChI is InChI=1S/C17H29N3O3S.C16H19F3N4O5S.C6H13NO2/c18-17-19-13-11-24-14(16(13)20-17)9-6-5-8-12(21)7-3-1-2-4-10-15(22)23;17-16(18,19)14(27)22-15-20-8-7-29-9(13(8)21-15)3-1-2-4-12(26)28-23-10(24)5-6-11(23)25;7-5-3-1-2-4-6(8)9/h13-14,16H,1-11H2,(H,22,23)(H3,18,19,20);8-9,13H,1-7H2,(H2,20,21,22,27);1-5,7H2,(H,8,9)/t13?,14-,16-;8?,9-,13-;/m00./s1. The fourth-order valence-electron chi connectivity index (χ4n) is 7.23. The van der Waals surface area contributed by atoms with Crippen LogP contribution in [-0.4, -0.2) is 128 Å². The molecule has 0 aromatic rings. The first-order chi connectivity index (χ1) is 29.5. The number of hydrogen-bond donors (Lipinski definition) is 7. The number of carbonyl (C=O) groups is 7. The van der Waals surface area contributed by atoms with E-state index in [1.165, 1.54) is 0 Å². The zero-order valence-corrected chi connectivity index (χ0v) is 36.5. The van der Waals surface area contributed by atoms with Crippen molar-refractivity contribution in [2.24, 2.45) is 21.5 Å². The Labute approximate surface area is 367 Å². The summed E-state index contributed by atoms with van der Waals surface area (Å²) in [4.78, 5) is 91.2. The third-order valence-electron chi connectivity index (χ3n) is 10.5. The highest BCUT2D eigenvalue weighted by Crippen LogP contribution is 2.36. The number of nitrogens with zero attached hydrogens (tertiary/aromatic N) is 3. The number of fused-ring (bicyclic) bond motifs is 2. The minimum Gasteiger partial charge on any atom is -0.481 e. The lowest BCUT2D eigenvalue weighted by Gasteiger charge is -2.15. The average Bonchev–Trinajstić information content (AvgIpc) is 4.02. The summed E-state index contributed by atoms with van der Waals surface area (Å²) in [6, 6.07) is 0.320. The normalized spacial score (nSPS) is 23.4. The van der Waals surface area contributed by atoms with Gasteiger partial charge in [-0.25, -0.2) is 14.8 Å². The first-order valence-electron chi connectivity index (χ1n) is 21.3. The summed E-state index contributed by atoms with van der Waals surface area (Å²) in [7, 11) is 0. The summed E-state index contributed by atoms with van der Waals surface area (Å²) in [6.45, 7) is 0.666. The van der Waals surface area contributed by atoms with E-state index in [4.69, 9.17) is 26.5 Å². The number of nitrogens with one attached hydrogen (secondary N) is 3. The number of carboxylic acids is 2. The van der Waals surface area contributed by atoms with Crippen LogP contribution >= 0.6 is 23.5 Å². The molecule has 0 aromatic carbocycles. The lowest BCUT2D eigenvalue weighted by Crippen LogP contribution is -2.47. The first-order valence-corrected chi connectivity index (χ1v) is 23.4. The summed E-state index contributed by atoms with van der Waals surface area (Å²) in [5.41, 5.74) is 10.9. The summed E-state index contributed by atoms with van der Waals surface area (Å²) >= 11 is 3.60. The molecule has 5 rings (SSSR count). The fraction of sp³-hybridized carbons (Fsp3) is 0.769. The van der Waals surface area contributed by atoms with E-state index >= 15 is 0 Å². The van der Waals surface area contributed by atoms with Crippen molar-refractivity contribution in [1.82, 2.24) is 21.0 Å². The second-order valence-corrected chi connectivity index (χ2v) is 18.1. The zero-order chi connectivity index (χ0) is 45.7. The molecule has 0 spiro atoms. The van der Waals surface area contributed by atoms with Crippen molar-refractivity contribution in [2.45, 2.75) is 169 Å². The third kappa shape index (κ3) is 19.1. The van der Waals surface area contributed by atoms with Crippen LogP contribution in [0.4, 0.5) is 13.2 Å². The molecule has 0 bridgehead atoms. The lowest BCUT2D eigenvalue weighted by atomic mass is 10.0. The molecule has 5 aliphatic heterocycles. The van der Waals surface area contributed by atoms with Crippen LogP contribution in [0.5, 0.6) is 0 Å². The number of Topliss-reactive ketones (excluding diaryl/α,β-unsaturated/α-hetero) is 1. The van der Waals surface area contributed by atoms with Gasteiger partial charge >= 0.3 is 30.0 Å². The number of rotatable bonds is 23. The number of halogens is 3. The van der Waals surface area contributed by atoms with Gasteiger partial charge < -0.3 is 37.2 Å². The molecule has 0 saturated carbocycles. The number of ketones is 1.